The topological polar surface area (TPSA) is 84.9 Å². The summed E-state index contributed by atoms with van der Waals surface area (Å²) in [6.45, 7) is 8.14. The summed E-state index contributed by atoms with van der Waals surface area (Å²) in [6, 6.07) is 34.9. The van der Waals surface area contributed by atoms with Crippen molar-refractivity contribution in [2.75, 3.05) is 0 Å². The maximum Gasteiger partial charge on any atom is 0.408 e. The molecule has 4 aromatic carbocycles. The van der Waals surface area contributed by atoms with Gasteiger partial charge in [0.05, 0.1) is 6.04 Å². The highest BCUT2D eigenvalue weighted by Gasteiger charge is 2.54. The Morgan fingerprint density at radius 2 is 1.27 bits per heavy atom. The first kappa shape index (κ1) is 29.8. The van der Waals surface area contributed by atoms with E-state index in [1.54, 1.807) is 12.1 Å². The minimum Gasteiger partial charge on any atom is -0.508 e. The standard InChI is InChI=1S/C34H37NO5Si/c1-25-20-22-27(23-21-25)30(35-33(38)39-24-26-14-8-5-9-15-26)31(36)32(37)40-41(34(2,3)4,28-16-10-6-11-17-28)29-18-12-7-13-19-29/h5-23,30-31,36H,24H2,1-4H3,(H,35,38)/t30-,31-/m1/s1. The molecule has 41 heavy (non-hydrogen) atoms. The average molecular weight is 568 g/mol. The molecule has 6 nitrogen and oxygen atoms in total. The quantitative estimate of drug-likeness (QED) is 0.264. The molecule has 0 aliphatic rings. The fourth-order valence-electron chi connectivity index (χ4n) is 5.01. The van der Waals surface area contributed by atoms with Crippen molar-refractivity contribution in [2.24, 2.45) is 0 Å². The summed E-state index contributed by atoms with van der Waals surface area (Å²) in [6.07, 6.45) is -2.44. The Labute approximate surface area is 243 Å². The zero-order valence-corrected chi connectivity index (χ0v) is 24.9. The summed E-state index contributed by atoms with van der Waals surface area (Å²) >= 11 is 0. The molecule has 0 aromatic heterocycles. The fraction of sp³-hybridized carbons (Fsp3) is 0.235. The molecule has 7 heteroatoms. The van der Waals surface area contributed by atoms with Gasteiger partial charge in [0.25, 0.3) is 0 Å². The number of aryl methyl sites for hydroxylation is 1. The third-order valence-corrected chi connectivity index (χ3v) is 12.1. The summed E-state index contributed by atoms with van der Waals surface area (Å²) < 4.78 is 12.0. The number of aliphatic hydroxyl groups excluding tert-OH is 1. The summed E-state index contributed by atoms with van der Waals surface area (Å²) in [5.41, 5.74) is 2.38. The van der Waals surface area contributed by atoms with Crippen molar-refractivity contribution in [3.63, 3.8) is 0 Å². The van der Waals surface area contributed by atoms with Crippen LogP contribution in [0.4, 0.5) is 4.79 Å². The number of amides is 1. The number of aliphatic hydroxyl groups is 1. The summed E-state index contributed by atoms with van der Waals surface area (Å²) in [4.78, 5) is 26.9. The Balaban J connectivity index is 1.67. The van der Waals surface area contributed by atoms with E-state index in [1.165, 1.54) is 0 Å². The van der Waals surface area contributed by atoms with E-state index >= 15 is 0 Å². The molecule has 0 unspecified atom stereocenters. The van der Waals surface area contributed by atoms with Gasteiger partial charge in [-0.1, -0.05) is 142 Å². The first-order valence-electron chi connectivity index (χ1n) is 13.7. The van der Waals surface area contributed by atoms with Gasteiger partial charge >= 0.3 is 20.4 Å². The lowest BCUT2D eigenvalue weighted by atomic mass is 10.0. The molecule has 0 fully saturated rings. The Bertz CT molecular complexity index is 1380. The van der Waals surface area contributed by atoms with Crippen LogP contribution in [0.25, 0.3) is 0 Å². The zero-order chi connectivity index (χ0) is 29.5. The molecule has 1 amide bonds. The second kappa shape index (κ2) is 13.0. The highest BCUT2D eigenvalue weighted by molar-refractivity contribution is 7.00. The first-order valence-corrected chi connectivity index (χ1v) is 15.6. The molecule has 0 heterocycles. The second-order valence-electron chi connectivity index (χ2n) is 11.1. The number of ether oxygens (including phenoxy) is 1. The lowest BCUT2D eigenvalue weighted by Gasteiger charge is -2.42. The minimum absolute atomic E-state index is 0.0515. The van der Waals surface area contributed by atoms with Crippen molar-refractivity contribution < 1.29 is 23.9 Å². The molecule has 4 aromatic rings. The number of benzene rings is 4. The predicted octanol–water partition coefficient (Wildman–Crippen LogP) is 5.43. The van der Waals surface area contributed by atoms with Crippen LogP contribution in [0.5, 0.6) is 0 Å². The van der Waals surface area contributed by atoms with Crippen molar-refractivity contribution in [1.29, 1.82) is 0 Å². The molecule has 212 valence electrons. The molecular weight excluding hydrogens is 530 g/mol. The van der Waals surface area contributed by atoms with Crippen molar-refractivity contribution in [1.82, 2.24) is 5.32 Å². The largest absolute Gasteiger partial charge is 0.508 e. The van der Waals surface area contributed by atoms with Gasteiger partial charge in [-0.3, -0.25) is 4.79 Å². The van der Waals surface area contributed by atoms with E-state index in [0.717, 1.165) is 21.5 Å². The smallest absolute Gasteiger partial charge is 0.408 e. The Morgan fingerprint density at radius 3 is 1.76 bits per heavy atom. The number of hydrogen-bond donors (Lipinski definition) is 2. The predicted molar refractivity (Wildman–Crippen MR) is 163 cm³/mol. The number of carbonyl (C=O) groups excluding carboxylic acids is 2. The van der Waals surface area contributed by atoms with Crippen molar-refractivity contribution in [3.8, 4) is 0 Å². The summed E-state index contributed by atoms with van der Waals surface area (Å²) in [7, 11) is -3.28. The molecule has 0 spiro atoms. The molecule has 0 aliphatic carbocycles. The van der Waals surface area contributed by atoms with Gasteiger partial charge in [-0.15, -0.1) is 0 Å². The Morgan fingerprint density at radius 1 is 0.780 bits per heavy atom. The van der Waals surface area contributed by atoms with E-state index in [-0.39, 0.29) is 6.61 Å². The normalized spacial score (nSPS) is 13.1. The van der Waals surface area contributed by atoms with Gasteiger partial charge in [0, 0.05) is 0 Å². The number of rotatable bonds is 9. The molecular formula is C34H37NO5Si. The van der Waals surface area contributed by atoms with E-state index in [2.05, 4.69) is 26.1 Å². The van der Waals surface area contributed by atoms with Crippen LogP contribution in [-0.4, -0.2) is 31.6 Å². The van der Waals surface area contributed by atoms with Crippen molar-refractivity contribution in [3.05, 3.63) is 132 Å². The number of alkyl carbamates (subject to hydrolysis) is 1. The maximum absolute atomic E-state index is 14.0. The lowest BCUT2D eigenvalue weighted by Crippen LogP contribution is -2.68. The highest BCUT2D eigenvalue weighted by Crippen LogP contribution is 2.37. The van der Waals surface area contributed by atoms with Gasteiger partial charge in [-0.2, -0.15) is 0 Å². The molecule has 0 radical (unpaired) electrons. The van der Waals surface area contributed by atoms with E-state index in [4.69, 9.17) is 9.16 Å². The molecule has 0 saturated carbocycles. The fourth-order valence-corrected chi connectivity index (χ4v) is 9.36. The first-order chi connectivity index (χ1) is 19.6. The zero-order valence-electron chi connectivity index (χ0n) is 23.9. The maximum atomic E-state index is 14.0. The minimum atomic E-state index is -3.28. The average Bonchev–Trinajstić information content (AvgIpc) is 2.98. The van der Waals surface area contributed by atoms with Gasteiger partial charge in [0.1, 0.15) is 6.61 Å². The van der Waals surface area contributed by atoms with Crippen LogP contribution in [0.15, 0.2) is 115 Å². The van der Waals surface area contributed by atoms with E-state index in [9.17, 15) is 14.7 Å². The second-order valence-corrected chi connectivity index (χ2v) is 15.3. The molecule has 0 aliphatic heterocycles. The molecule has 2 atom stereocenters. The summed E-state index contributed by atoms with van der Waals surface area (Å²) in [5, 5.41) is 15.6. The van der Waals surface area contributed by atoms with Gasteiger partial charge in [0.2, 0.25) is 0 Å². The van der Waals surface area contributed by atoms with Crippen LogP contribution in [0, 0.1) is 6.92 Å². The van der Waals surface area contributed by atoms with E-state index < -0.39 is 37.6 Å². The van der Waals surface area contributed by atoms with Crippen LogP contribution in [0.1, 0.15) is 43.5 Å². The molecule has 0 saturated heterocycles. The molecule has 2 N–H and O–H groups in total. The number of carbonyl (C=O) groups is 2. The number of hydrogen-bond acceptors (Lipinski definition) is 5. The van der Waals surface area contributed by atoms with Gasteiger partial charge in [0.15, 0.2) is 6.10 Å². The van der Waals surface area contributed by atoms with Crippen LogP contribution in [-0.2, 0) is 20.6 Å². The van der Waals surface area contributed by atoms with Crippen molar-refractivity contribution in [2.45, 2.75) is 51.5 Å². The Kier molecular flexibility index (Phi) is 9.42. The SMILES string of the molecule is Cc1ccc([C@@H](NC(=O)OCc2ccccc2)[C@@H](O)C(=O)O[Si](c2ccccc2)(c2ccccc2)C(C)(C)C)cc1. The van der Waals surface area contributed by atoms with Gasteiger partial charge in [-0.25, -0.2) is 4.79 Å². The Hall–Kier alpha value is -4.20. The summed E-state index contributed by atoms with van der Waals surface area (Å²) in [5.74, 6) is -0.812. The van der Waals surface area contributed by atoms with Gasteiger partial charge < -0.3 is 19.6 Å². The van der Waals surface area contributed by atoms with E-state index in [0.29, 0.717) is 5.56 Å². The highest BCUT2D eigenvalue weighted by atomic mass is 28.4. The van der Waals surface area contributed by atoms with Crippen LogP contribution < -0.4 is 15.7 Å². The van der Waals surface area contributed by atoms with Gasteiger partial charge in [-0.05, 0) is 33.5 Å². The molecule has 4 rings (SSSR count). The molecule has 0 bridgehead atoms. The van der Waals surface area contributed by atoms with Crippen molar-refractivity contribution >= 4 is 30.8 Å². The third kappa shape index (κ3) is 6.93. The monoisotopic (exact) mass is 567 g/mol. The van der Waals surface area contributed by atoms with Crippen LogP contribution in [0.2, 0.25) is 5.04 Å². The van der Waals surface area contributed by atoms with Crippen LogP contribution in [0.3, 0.4) is 0 Å². The lowest BCUT2D eigenvalue weighted by molar-refractivity contribution is -0.146. The number of nitrogens with one attached hydrogen (secondary N) is 1. The van der Waals surface area contributed by atoms with Crippen LogP contribution >= 0.6 is 0 Å². The van der Waals surface area contributed by atoms with E-state index in [1.807, 2.05) is 110 Å². The third-order valence-electron chi connectivity index (χ3n) is 7.15.